The summed E-state index contributed by atoms with van der Waals surface area (Å²) in [7, 11) is -3.81. The monoisotopic (exact) mass is 347 g/mol. The molecule has 0 aliphatic heterocycles. The molecule has 1 aromatic carbocycles. The highest BCUT2D eigenvalue weighted by Crippen LogP contribution is 2.19. The van der Waals surface area contributed by atoms with E-state index in [1.807, 2.05) is 25.1 Å². The summed E-state index contributed by atoms with van der Waals surface area (Å²) in [4.78, 5) is 14.9. The molecule has 0 bridgehead atoms. The van der Waals surface area contributed by atoms with Gasteiger partial charge in [0.15, 0.2) is 5.76 Å². The zero-order chi connectivity index (χ0) is 17.5. The van der Waals surface area contributed by atoms with Crippen LogP contribution in [0.5, 0.6) is 0 Å². The van der Waals surface area contributed by atoms with Crippen molar-refractivity contribution in [1.29, 1.82) is 0 Å². The molecule has 0 unspecified atom stereocenters. The van der Waals surface area contributed by atoms with Crippen LogP contribution in [0, 0.1) is 20.8 Å². The van der Waals surface area contributed by atoms with Gasteiger partial charge in [0.05, 0.1) is 0 Å². The molecule has 0 saturated carbocycles. The zero-order valence-electron chi connectivity index (χ0n) is 13.5. The van der Waals surface area contributed by atoms with Gasteiger partial charge in [-0.25, -0.2) is 13.1 Å². The third-order valence-electron chi connectivity index (χ3n) is 3.77. The second-order valence-corrected chi connectivity index (χ2v) is 7.40. The summed E-state index contributed by atoms with van der Waals surface area (Å²) in [6.07, 6.45) is 0. The molecule has 2 aromatic heterocycles. The van der Waals surface area contributed by atoms with Crippen LogP contribution in [0.4, 0.5) is 0 Å². The van der Waals surface area contributed by atoms with Gasteiger partial charge in [0.25, 0.3) is 5.56 Å². The van der Waals surface area contributed by atoms with Gasteiger partial charge in [-0.1, -0.05) is 17.3 Å². The molecule has 0 saturated heterocycles. The number of fused-ring (bicyclic) bond motifs is 1. The Hall–Kier alpha value is -2.45. The van der Waals surface area contributed by atoms with Crippen LogP contribution >= 0.6 is 0 Å². The quantitative estimate of drug-likeness (QED) is 0.750. The van der Waals surface area contributed by atoms with Gasteiger partial charge in [-0.15, -0.1) is 0 Å². The molecule has 0 aliphatic rings. The molecule has 126 valence electrons. The first-order valence-corrected chi connectivity index (χ1v) is 8.81. The minimum absolute atomic E-state index is 0.00958. The van der Waals surface area contributed by atoms with E-state index in [0.29, 0.717) is 5.56 Å². The van der Waals surface area contributed by atoms with Gasteiger partial charge in [0, 0.05) is 17.6 Å². The summed E-state index contributed by atoms with van der Waals surface area (Å²) in [5, 5.41) is 4.48. The number of aromatic amines is 1. The fourth-order valence-electron chi connectivity index (χ4n) is 2.59. The number of rotatable bonds is 4. The van der Waals surface area contributed by atoms with Crippen LogP contribution in [-0.2, 0) is 16.6 Å². The van der Waals surface area contributed by atoms with Gasteiger partial charge in [-0.05, 0) is 43.9 Å². The predicted molar refractivity (Wildman–Crippen MR) is 89.3 cm³/mol. The Morgan fingerprint density at radius 3 is 2.62 bits per heavy atom. The van der Waals surface area contributed by atoms with Crippen molar-refractivity contribution in [2.45, 2.75) is 32.2 Å². The van der Waals surface area contributed by atoms with E-state index in [0.717, 1.165) is 16.5 Å². The largest absolute Gasteiger partial charge is 0.360 e. The molecule has 0 atom stereocenters. The van der Waals surface area contributed by atoms with Gasteiger partial charge >= 0.3 is 0 Å². The number of hydrogen-bond acceptors (Lipinski definition) is 5. The van der Waals surface area contributed by atoms with Crippen molar-refractivity contribution in [2.24, 2.45) is 0 Å². The third-order valence-corrected chi connectivity index (χ3v) is 5.41. The maximum atomic E-state index is 12.4. The maximum Gasteiger partial charge on any atom is 0.252 e. The van der Waals surface area contributed by atoms with E-state index in [2.05, 4.69) is 14.9 Å². The first-order chi connectivity index (χ1) is 11.3. The van der Waals surface area contributed by atoms with E-state index in [9.17, 15) is 13.2 Å². The Balaban J connectivity index is 1.92. The van der Waals surface area contributed by atoms with E-state index >= 15 is 0 Å². The summed E-state index contributed by atoms with van der Waals surface area (Å²) in [5.41, 5.74) is 2.04. The van der Waals surface area contributed by atoms with Crippen molar-refractivity contribution in [3.63, 3.8) is 0 Å². The second-order valence-electron chi connectivity index (χ2n) is 5.69. The Morgan fingerprint density at radius 1 is 1.21 bits per heavy atom. The number of hydrogen-bond donors (Lipinski definition) is 2. The molecule has 0 radical (unpaired) electrons. The van der Waals surface area contributed by atoms with Gasteiger partial charge < -0.3 is 9.51 Å². The van der Waals surface area contributed by atoms with Gasteiger partial charge in [-0.3, -0.25) is 4.79 Å². The van der Waals surface area contributed by atoms with E-state index in [1.165, 1.54) is 6.92 Å². The van der Waals surface area contributed by atoms with Crippen molar-refractivity contribution >= 4 is 20.9 Å². The highest BCUT2D eigenvalue weighted by Gasteiger charge is 2.24. The molecule has 0 spiro atoms. The second kappa shape index (κ2) is 5.88. The summed E-state index contributed by atoms with van der Waals surface area (Å²) >= 11 is 0. The fraction of sp³-hybridized carbons (Fsp3) is 0.250. The third kappa shape index (κ3) is 2.98. The summed E-state index contributed by atoms with van der Waals surface area (Å²) in [5.74, 6) is 0.211. The lowest BCUT2D eigenvalue weighted by Crippen LogP contribution is -2.27. The fourth-order valence-corrected chi connectivity index (χ4v) is 3.93. The molecule has 3 rings (SSSR count). The average molecular weight is 347 g/mol. The molecule has 2 N–H and O–H groups in total. The Labute approximate surface area is 138 Å². The van der Waals surface area contributed by atoms with Crippen molar-refractivity contribution in [2.75, 3.05) is 0 Å². The summed E-state index contributed by atoms with van der Waals surface area (Å²) in [6.45, 7) is 4.89. The molecular weight excluding hydrogens is 330 g/mol. The first kappa shape index (κ1) is 16.4. The van der Waals surface area contributed by atoms with E-state index in [1.54, 1.807) is 13.0 Å². The number of benzene rings is 1. The maximum absolute atomic E-state index is 12.4. The Bertz CT molecular complexity index is 1060. The van der Waals surface area contributed by atoms with Crippen molar-refractivity contribution in [3.05, 3.63) is 57.2 Å². The molecule has 0 fully saturated rings. The SMILES string of the molecule is Cc1ccc2cc(CNS(=O)(=O)c3c(C)noc3C)c(=O)[nH]c2c1. The Morgan fingerprint density at radius 2 is 1.96 bits per heavy atom. The van der Waals surface area contributed by atoms with Crippen LogP contribution in [0.1, 0.15) is 22.6 Å². The number of pyridine rings is 1. The highest BCUT2D eigenvalue weighted by molar-refractivity contribution is 7.89. The van der Waals surface area contributed by atoms with Crippen LogP contribution in [-0.4, -0.2) is 18.6 Å². The lowest BCUT2D eigenvalue weighted by Gasteiger charge is -2.07. The normalized spacial score (nSPS) is 12.0. The molecule has 7 nitrogen and oxygen atoms in total. The number of aromatic nitrogens is 2. The van der Waals surface area contributed by atoms with Crippen molar-refractivity contribution < 1.29 is 12.9 Å². The van der Waals surface area contributed by atoms with E-state index in [4.69, 9.17) is 4.52 Å². The lowest BCUT2D eigenvalue weighted by atomic mass is 10.1. The predicted octanol–water partition coefficient (Wildman–Crippen LogP) is 1.92. The van der Waals surface area contributed by atoms with E-state index in [-0.39, 0.29) is 28.5 Å². The van der Waals surface area contributed by atoms with Crippen LogP contribution in [0.15, 0.2) is 38.5 Å². The number of nitrogens with one attached hydrogen (secondary N) is 2. The Kier molecular flexibility index (Phi) is 4.02. The molecular formula is C16H17N3O4S. The number of nitrogens with zero attached hydrogens (tertiary/aromatic N) is 1. The lowest BCUT2D eigenvalue weighted by molar-refractivity contribution is 0.390. The van der Waals surface area contributed by atoms with Crippen LogP contribution < -0.4 is 10.3 Å². The minimum Gasteiger partial charge on any atom is -0.360 e. The molecule has 24 heavy (non-hydrogen) atoms. The molecule has 2 heterocycles. The number of H-pyrrole nitrogens is 1. The standard InChI is InChI=1S/C16H17N3O4S/c1-9-4-5-12-7-13(16(20)18-14(12)6-9)8-17-24(21,22)15-10(2)19-23-11(15)3/h4-7,17H,8H2,1-3H3,(H,18,20). The summed E-state index contributed by atoms with van der Waals surface area (Å²) < 4.78 is 32.1. The highest BCUT2D eigenvalue weighted by atomic mass is 32.2. The molecule has 8 heteroatoms. The molecule has 0 aliphatic carbocycles. The molecule has 3 aromatic rings. The van der Waals surface area contributed by atoms with Gasteiger partial charge in [-0.2, -0.15) is 0 Å². The van der Waals surface area contributed by atoms with Crippen LogP contribution in [0.2, 0.25) is 0 Å². The van der Waals surface area contributed by atoms with Crippen LogP contribution in [0.25, 0.3) is 10.9 Å². The van der Waals surface area contributed by atoms with Gasteiger partial charge in [0.1, 0.15) is 10.6 Å². The van der Waals surface area contributed by atoms with E-state index < -0.39 is 10.0 Å². The smallest absolute Gasteiger partial charge is 0.252 e. The number of aryl methyl sites for hydroxylation is 3. The van der Waals surface area contributed by atoms with Crippen molar-refractivity contribution in [3.8, 4) is 0 Å². The summed E-state index contributed by atoms with van der Waals surface area (Å²) in [6, 6.07) is 7.36. The average Bonchev–Trinajstić information content (AvgIpc) is 2.85. The first-order valence-electron chi connectivity index (χ1n) is 7.33. The van der Waals surface area contributed by atoms with Gasteiger partial charge in [0.2, 0.25) is 10.0 Å². The molecule has 0 amide bonds. The van der Waals surface area contributed by atoms with Crippen LogP contribution in [0.3, 0.4) is 0 Å². The zero-order valence-corrected chi connectivity index (χ0v) is 14.3. The number of sulfonamides is 1. The topological polar surface area (TPSA) is 105 Å². The van der Waals surface area contributed by atoms with Crippen molar-refractivity contribution in [1.82, 2.24) is 14.9 Å². The minimum atomic E-state index is -3.81.